The predicted molar refractivity (Wildman–Crippen MR) is 104 cm³/mol. The minimum absolute atomic E-state index is 0.0591. The number of thiophene rings is 1. The fourth-order valence-corrected chi connectivity index (χ4v) is 4.38. The first-order valence-electron chi connectivity index (χ1n) is 8.77. The fourth-order valence-electron chi connectivity index (χ4n) is 3.51. The highest BCUT2D eigenvalue weighted by Gasteiger charge is 2.34. The lowest BCUT2D eigenvalue weighted by Crippen LogP contribution is -2.46. The van der Waals surface area contributed by atoms with Crippen molar-refractivity contribution in [1.29, 1.82) is 0 Å². The highest BCUT2D eigenvalue weighted by molar-refractivity contribution is 7.10. The van der Waals surface area contributed by atoms with Gasteiger partial charge in [-0.05, 0) is 30.2 Å². The van der Waals surface area contributed by atoms with Gasteiger partial charge in [-0.3, -0.25) is 14.7 Å². The number of nitrogen functional groups attached to an aromatic ring is 1. The molecular weight excluding hydrogens is 364 g/mol. The second kappa shape index (κ2) is 6.99. The molecule has 140 valence electrons. The molecule has 1 aliphatic rings. The minimum Gasteiger partial charge on any atom is -0.383 e. The van der Waals surface area contributed by atoms with Gasteiger partial charge in [-0.1, -0.05) is 13.0 Å². The number of aromatic amines is 1. The molecule has 27 heavy (non-hydrogen) atoms. The summed E-state index contributed by atoms with van der Waals surface area (Å²) in [6.45, 7) is 2.66. The van der Waals surface area contributed by atoms with Gasteiger partial charge in [-0.25, -0.2) is 4.98 Å². The summed E-state index contributed by atoms with van der Waals surface area (Å²) in [5.74, 6) is -0.557. The zero-order chi connectivity index (χ0) is 19.0. The highest BCUT2D eigenvalue weighted by atomic mass is 32.1. The van der Waals surface area contributed by atoms with Crippen molar-refractivity contribution in [1.82, 2.24) is 20.1 Å². The third-order valence-electron chi connectivity index (χ3n) is 4.91. The Morgan fingerprint density at radius 1 is 1.37 bits per heavy atom. The minimum atomic E-state index is -0.687. The van der Waals surface area contributed by atoms with Crippen LogP contribution in [0.5, 0.6) is 0 Å². The van der Waals surface area contributed by atoms with E-state index in [9.17, 15) is 9.59 Å². The number of nitrogens with one attached hydrogen (secondary N) is 2. The van der Waals surface area contributed by atoms with Crippen LogP contribution in [0, 0.1) is 5.92 Å². The summed E-state index contributed by atoms with van der Waals surface area (Å²) in [6, 6.07) is 3.92. The van der Waals surface area contributed by atoms with E-state index < -0.39 is 11.8 Å². The van der Waals surface area contributed by atoms with Crippen molar-refractivity contribution < 1.29 is 9.59 Å². The van der Waals surface area contributed by atoms with Crippen molar-refractivity contribution in [2.75, 3.05) is 17.6 Å². The molecule has 3 aromatic rings. The van der Waals surface area contributed by atoms with Crippen molar-refractivity contribution in [2.45, 2.75) is 25.8 Å². The molecule has 8 nitrogen and oxygen atoms in total. The summed E-state index contributed by atoms with van der Waals surface area (Å²) in [6.07, 6.45) is 4.85. The van der Waals surface area contributed by atoms with Gasteiger partial charge in [0.05, 0.1) is 35.0 Å². The largest absolute Gasteiger partial charge is 0.383 e. The second-order valence-corrected chi connectivity index (χ2v) is 7.82. The predicted octanol–water partition coefficient (Wildman–Crippen LogP) is 2.54. The molecule has 4 N–H and O–H groups in total. The van der Waals surface area contributed by atoms with Crippen molar-refractivity contribution >= 4 is 45.6 Å². The van der Waals surface area contributed by atoms with Crippen molar-refractivity contribution in [3.05, 3.63) is 34.8 Å². The zero-order valence-electron chi connectivity index (χ0n) is 14.8. The molecule has 0 aromatic carbocycles. The Hall–Kier alpha value is -2.94. The molecule has 0 radical (unpaired) electrons. The molecule has 2 amide bonds. The van der Waals surface area contributed by atoms with E-state index in [-0.39, 0.29) is 6.04 Å². The third-order valence-corrected chi connectivity index (χ3v) is 5.88. The number of nitrogens with zero attached hydrogens (tertiary/aromatic N) is 3. The van der Waals surface area contributed by atoms with Crippen LogP contribution in [0.25, 0.3) is 10.9 Å². The maximum atomic E-state index is 12.9. The normalized spacial score (nSPS) is 20.0. The average Bonchev–Trinajstić information content (AvgIpc) is 3.35. The van der Waals surface area contributed by atoms with Crippen molar-refractivity contribution in [3.8, 4) is 0 Å². The molecule has 3 aromatic heterocycles. The Bertz CT molecular complexity index is 983. The Kier molecular flexibility index (Phi) is 4.53. The number of anilines is 2. The first-order valence-corrected chi connectivity index (χ1v) is 9.65. The highest BCUT2D eigenvalue weighted by Crippen LogP contribution is 2.35. The van der Waals surface area contributed by atoms with Crippen LogP contribution in [0.4, 0.5) is 11.5 Å². The van der Waals surface area contributed by atoms with Gasteiger partial charge in [0.25, 0.3) is 0 Å². The SMILES string of the molecule is CC1CCC(c2cccs2)N(C(=O)C(=O)Nc2cnc(N)c3cn[nH]c23)C1. The number of H-pyrrole nitrogens is 1. The first-order chi connectivity index (χ1) is 13.0. The van der Waals surface area contributed by atoms with Crippen LogP contribution in [0.1, 0.15) is 30.7 Å². The van der Waals surface area contributed by atoms with E-state index >= 15 is 0 Å². The molecule has 2 unspecified atom stereocenters. The lowest BCUT2D eigenvalue weighted by Gasteiger charge is -2.37. The van der Waals surface area contributed by atoms with Crippen LogP contribution < -0.4 is 11.1 Å². The number of carbonyl (C=O) groups excluding carboxylic acids is 2. The van der Waals surface area contributed by atoms with Crippen LogP contribution in [-0.4, -0.2) is 38.4 Å². The molecule has 0 saturated carbocycles. The van der Waals surface area contributed by atoms with Crippen LogP contribution in [-0.2, 0) is 9.59 Å². The molecule has 0 aliphatic carbocycles. The molecule has 9 heteroatoms. The van der Waals surface area contributed by atoms with Crippen LogP contribution in [0.3, 0.4) is 0 Å². The number of carbonyl (C=O) groups is 2. The monoisotopic (exact) mass is 384 g/mol. The van der Waals surface area contributed by atoms with E-state index in [0.717, 1.165) is 17.7 Å². The van der Waals surface area contributed by atoms with Gasteiger partial charge in [0.2, 0.25) is 0 Å². The molecular formula is C18H20N6O2S. The zero-order valence-corrected chi connectivity index (χ0v) is 15.6. The van der Waals surface area contributed by atoms with Gasteiger partial charge < -0.3 is 16.0 Å². The van der Waals surface area contributed by atoms with Crippen LogP contribution in [0.2, 0.25) is 0 Å². The lowest BCUT2D eigenvalue weighted by molar-refractivity contribution is -0.146. The van der Waals surface area contributed by atoms with Crippen LogP contribution in [0.15, 0.2) is 29.9 Å². The molecule has 1 fully saturated rings. The summed E-state index contributed by atoms with van der Waals surface area (Å²) in [5, 5.41) is 12.0. The molecule has 1 aliphatic heterocycles. The number of hydrogen-bond donors (Lipinski definition) is 3. The third kappa shape index (κ3) is 3.25. The molecule has 4 rings (SSSR count). The van der Waals surface area contributed by atoms with E-state index in [1.54, 1.807) is 16.2 Å². The maximum absolute atomic E-state index is 12.9. The number of hydrogen-bond acceptors (Lipinski definition) is 6. The van der Waals surface area contributed by atoms with Crippen LogP contribution >= 0.6 is 11.3 Å². The van der Waals surface area contributed by atoms with Gasteiger partial charge in [0.1, 0.15) is 5.82 Å². The van der Waals surface area contributed by atoms with Gasteiger partial charge in [0.15, 0.2) is 0 Å². The number of rotatable bonds is 2. The van der Waals surface area contributed by atoms with E-state index in [1.807, 2.05) is 17.5 Å². The second-order valence-electron chi connectivity index (χ2n) is 6.84. The van der Waals surface area contributed by atoms with E-state index in [4.69, 9.17) is 5.73 Å². The Morgan fingerprint density at radius 3 is 3.00 bits per heavy atom. The number of pyridine rings is 1. The molecule has 4 heterocycles. The molecule has 1 saturated heterocycles. The molecule has 0 spiro atoms. The standard InChI is InChI=1S/C18H20N6O2S/c1-10-4-5-13(14-3-2-6-27-14)24(9-10)18(26)17(25)22-12-8-20-16(19)11-7-21-23-15(11)12/h2-3,6-8,10,13H,4-5,9H2,1H3,(H2,19,20)(H,21,23)(H,22,25). The summed E-state index contributed by atoms with van der Waals surface area (Å²) < 4.78 is 0. The lowest BCUT2D eigenvalue weighted by atomic mass is 9.93. The van der Waals surface area contributed by atoms with E-state index in [2.05, 4.69) is 27.4 Å². The Labute approximate surface area is 159 Å². The van der Waals surface area contributed by atoms with Crippen molar-refractivity contribution in [2.24, 2.45) is 5.92 Å². The number of nitrogens with two attached hydrogens (primary N) is 1. The number of amides is 2. The summed E-state index contributed by atoms with van der Waals surface area (Å²) in [4.78, 5) is 32.5. The summed E-state index contributed by atoms with van der Waals surface area (Å²) in [5.41, 5.74) is 6.74. The fraction of sp³-hybridized carbons (Fsp3) is 0.333. The quantitative estimate of drug-likeness (QED) is 0.587. The Morgan fingerprint density at radius 2 is 2.22 bits per heavy atom. The number of aromatic nitrogens is 3. The average molecular weight is 384 g/mol. The summed E-state index contributed by atoms with van der Waals surface area (Å²) in [7, 11) is 0. The van der Waals surface area contributed by atoms with Gasteiger partial charge in [0, 0.05) is 11.4 Å². The number of piperidine rings is 1. The molecule has 2 atom stereocenters. The van der Waals surface area contributed by atoms with Gasteiger partial charge >= 0.3 is 11.8 Å². The smallest absolute Gasteiger partial charge is 0.314 e. The Balaban J connectivity index is 1.57. The van der Waals surface area contributed by atoms with Crippen molar-refractivity contribution in [3.63, 3.8) is 0 Å². The topological polar surface area (TPSA) is 117 Å². The first kappa shape index (κ1) is 17.5. The van der Waals surface area contributed by atoms with Gasteiger partial charge in [-0.2, -0.15) is 5.10 Å². The summed E-state index contributed by atoms with van der Waals surface area (Å²) >= 11 is 1.61. The molecule has 0 bridgehead atoms. The maximum Gasteiger partial charge on any atom is 0.314 e. The number of fused-ring (bicyclic) bond motifs is 1. The van der Waals surface area contributed by atoms with E-state index in [0.29, 0.717) is 34.9 Å². The van der Waals surface area contributed by atoms with E-state index in [1.165, 1.54) is 12.4 Å². The van der Waals surface area contributed by atoms with Gasteiger partial charge in [-0.15, -0.1) is 11.3 Å². The number of likely N-dealkylation sites (tertiary alicyclic amines) is 1.